The van der Waals surface area contributed by atoms with Gasteiger partial charge in [0.1, 0.15) is 18.1 Å². The van der Waals surface area contributed by atoms with Gasteiger partial charge in [-0.25, -0.2) is 0 Å². The summed E-state index contributed by atoms with van der Waals surface area (Å²) < 4.78 is 11.4. The van der Waals surface area contributed by atoms with Gasteiger partial charge >= 0.3 is 0 Å². The number of aryl methyl sites for hydroxylation is 2. The van der Waals surface area contributed by atoms with Crippen LogP contribution in [-0.4, -0.2) is 35.1 Å². The first-order valence-electron chi connectivity index (χ1n) is 8.29. The first kappa shape index (κ1) is 16.6. The molecule has 1 aromatic heterocycles. The zero-order chi connectivity index (χ0) is 17.1. The van der Waals surface area contributed by atoms with E-state index in [0.717, 1.165) is 11.3 Å². The number of aliphatic hydroxyl groups excluding tert-OH is 1. The molecule has 1 amide bonds. The number of rotatable bonds is 4. The molecular weight excluding hydrogens is 306 g/mol. The molecule has 0 spiro atoms. The lowest BCUT2D eigenvalue weighted by atomic mass is 10.1. The average Bonchev–Trinajstić information content (AvgIpc) is 3.03. The third kappa shape index (κ3) is 3.79. The van der Waals surface area contributed by atoms with E-state index in [4.69, 9.17) is 9.15 Å². The molecule has 0 atom stereocenters. The highest BCUT2D eigenvalue weighted by atomic mass is 16.5. The molecule has 0 unspecified atom stereocenters. The molecule has 1 N–H and O–H groups in total. The number of amides is 1. The van der Waals surface area contributed by atoms with Crippen LogP contribution >= 0.6 is 0 Å². The minimum absolute atomic E-state index is 0.125. The summed E-state index contributed by atoms with van der Waals surface area (Å²) in [5.74, 6) is 1.63. The van der Waals surface area contributed by atoms with Crippen molar-refractivity contribution < 1.29 is 19.1 Å². The highest BCUT2D eigenvalue weighted by molar-refractivity contribution is 5.91. The van der Waals surface area contributed by atoms with Crippen LogP contribution in [0.3, 0.4) is 0 Å². The summed E-state index contributed by atoms with van der Waals surface area (Å²) in [6.07, 6.45) is 0.942. The SMILES string of the molecule is Cc1ccc(OCc2ccc(C(=O)N3CCC(O)CC3)o2)c(C)c1. The second-order valence-corrected chi connectivity index (χ2v) is 6.35. The van der Waals surface area contributed by atoms with Gasteiger partial charge in [0.05, 0.1) is 6.10 Å². The molecule has 1 fully saturated rings. The molecule has 1 aliphatic heterocycles. The number of nitrogens with zero attached hydrogens (tertiary/aromatic N) is 1. The summed E-state index contributed by atoms with van der Waals surface area (Å²) in [6, 6.07) is 9.48. The van der Waals surface area contributed by atoms with E-state index in [0.29, 0.717) is 37.5 Å². The normalized spacial score (nSPS) is 15.5. The highest BCUT2D eigenvalue weighted by Gasteiger charge is 2.24. The zero-order valence-electron chi connectivity index (χ0n) is 14.1. The van der Waals surface area contributed by atoms with Crippen molar-refractivity contribution in [1.82, 2.24) is 4.90 Å². The lowest BCUT2D eigenvalue weighted by Gasteiger charge is -2.28. The van der Waals surface area contributed by atoms with E-state index in [1.165, 1.54) is 5.56 Å². The molecule has 5 nitrogen and oxygen atoms in total. The summed E-state index contributed by atoms with van der Waals surface area (Å²) in [7, 11) is 0. The molecule has 0 bridgehead atoms. The predicted octanol–water partition coefficient (Wildman–Crippen LogP) is 3.07. The number of piperidine rings is 1. The van der Waals surface area contributed by atoms with Crippen LogP contribution in [-0.2, 0) is 6.61 Å². The highest BCUT2D eigenvalue weighted by Crippen LogP contribution is 2.21. The van der Waals surface area contributed by atoms with Crippen molar-refractivity contribution in [3.8, 4) is 5.75 Å². The molecule has 2 heterocycles. The molecule has 3 rings (SSSR count). The molecule has 0 aliphatic carbocycles. The Hall–Kier alpha value is -2.27. The van der Waals surface area contributed by atoms with E-state index in [-0.39, 0.29) is 18.6 Å². The largest absolute Gasteiger partial charge is 0.485 e. The van der Waals surface area contributed by atoms with E-state index in [1.807, 2.05) is 26.0 Å². The molecule has 1 aliphatic rings. The zero-order valence-corrected chi connectivity index (χ0v) is 14.1. The van der Waals surface area contributed by atoms with Gasteiger partial charge in [-0.05, 0) is 50.5 Å². The van der Waals surface area contributed by atoms with Crippen molar-refractivity contribution >= 4 is 5.91 Å². The predicted molar refractivity (Wildman–Crippen MR) is 90.1 cm³/mol. The monoisotopic (exact) mass is 329 g/mol. The van der Waals surface area contributed by atoms with Crippen molar-refractivity contribution in [2.75, 3.05) is 13.1 Å². The van der Waals surface area contributed by atoms with Crippen LogP contribution in [0, 0.1) is 13.8 Å². The van der Waals surface area contributed by atoms with Gasteiger partial charge in [-0.15, -0.1) is 0 Å². The molecule has 2 aromatic rings. The van der Waals surface area contributed by atoms with E-state index in [2.05, 4.69) is 6.07 Å². The number of carbonyl (C=O) groups excluding carboxylic acids is 1. The van der Waals surface area contributed by atoms with E-state index >= 15 is 0 Å². The molecule has 1 aromatic carbocycles. The maximum absolute atomic E-state index is 12.4. The van der Waals surface area contributed by atoms with Gasteiger partial charge in [-0.2, -0.15) is 0 Å². The second kappa shape index (κ2) is 7.09. The second-order valence-electron chi connectivity index (χ2n) is 6.35. The first-order valence-corrected chi connectivity index (χ1v) is 8.29. The Morgan fingerprint density at radius 1 is 1.25 bits per heavy atom. The van der Waals surface area contributed by atoms with Crippen LogP contribution in [0.15, 0.2) is 34.7 Å². The number of carbonyl (C=O) groups is 1. The van der Waals surface area contributed by atoms with Crippen LogP contribution in [0.2, 0.25) is 0 Å². The number of likely N-dealkylation sites (tertiary alicyclic amines) is 1. The summed E-state index contributed by atoms with van der Waals surface area (Å²) in [5, 5.41) is 9.52. The topological polar surface area (TPSA) is 62.9 Å². The summed E-state index contributed by atoms with van der Waals surface area (Å²) >= 11 is 0. The van der Waals surface area contributed by atoms with Crippen molar-refractivity contribution in [3.63, 3.8) is 0 Å². The number of hydrogen-bond donors (Lipinski definition) is 1. The Labute approximate surface area is 141 Å². The van der Waals surface area contributed by atoms with Gasteiger partial charge in [0.25, 0.3) is 5.91 Å². The van der Waals surface area contributed by atoms with Gasteiger partial charge < -0.3 is 19.2 Å². The lowest BCUT2D eigenvalue weighted by Crippen LogP contribution is -2.39. The fraction of sp³-hybridized carbons (Fsp3) is 0.421. The summed E-state index contributed by atoms with van der Waals surface area (Å²) in [5.41, 5.74) is 2.27. The molecule has 0 saturated carbocycles. The van der Waals surface area contributed by atoms with Crippen LogP contribution in [0.5, 0.6) is 5.75 Å². The van der Waals surface area contributed by atoms with Crippen molar-refractivity contribution in [2.24, 2.45) is 0 Å². The minimum atomic E-state index is -0.299. The Bertz CT molecular complexity index is 714. The Kier molecular flexibility index (Phi) is 4.90. The standard InChI is InChI=1S/C19H23NO4/c1-13-3-5-17(14(2)11-13)23-12-16-4-6-18(24-16)19(22)20-9-7-15(21)8-10-20/h3-6,11,15,21H,7-10,12H2,1-2H3. The molecular formula is C19H23NO4. The number of ether oxygens (including phenoxy) is 1. The third-order valence-corrected chi connectivity index (χ3v) is 4.32. The van der Waals surface area contributed by atoms with Crippen molar-refractivity contribution in [1.29, 1.82) is 0 Å². The van der Waals surface area contributed by atoms with E-state index < -0.39 is 0 Å². The minimum Gasteiger partial charge on any atom is -0.485 e. The van der Waals surface area contributed by atoms with E-state index in [9.17, 15) is 9.90 Å². The van der Waals surface area contributed by atoms with Gasteiger partial charge in [0.15, 0.2) is 5.76 Å². The summed E-state index contributed by atoms with van der Waals surface area (Å²) in [4.78, 5) is 14.1. The lowest BCUT2D eigenvalue weighted by molar-refractivity contribution is 0.0517. The maximum Gasteiger partial charge on any atom is 0.289 e. The van der Waals surface area contributed by atoms with E-state index in [1.54, 1.807) is 17.0 Å². The smallest absolute Gasteiger partial charge is 0.289 e. The van der Waals surface area contributed by atoms with Crippen molar-refractivity contribution in [2.45, 2.75) is 39.4 Å². The average molecular weight is 329 g/mol. The van der Waals surface area contributed by atoms with Crippen LogP contribution in [0.1, 0.15) is 40.3 Å². The van der Waals surface area contributed by atoms with Crippen molar-refractivity contribution in [3.05, 3.63) is 53.0 Å². The fourth-order valence-corrected chi connectivity index (χ4v) is 2.91. The molecule has 24 heavy (non-hydrogen) atoms. The molecule has 128 valence electrons. The van der Waals surface area contributed by atoms with Gasteiger partial charge in [-0.3, -0.25) is 4.79 Å². The number of hydrogen-bond acceptors (Lipinski definition) is 4. The molecule has 0 radical (unpaired) electrons. The number of furan rings is 1. The fourth-order valence-electron chi connectivity index (χ4n) is 2.91. The molecule has 1 saturated heterocycles. The number of benzene rings is 1. The van der Waals surface area contributed by atoms with Gasteiger partial charge in [0, 0.05) is 13.1 Å². The Morgan fingerprint density at radius 3 is 2.71 bits per heavy atom. The Morgan fingerprint density at radius 2 is 2.00 bits per heavy atom. The molecule has 5 heteroatoms. The van der Waals surface area contributed by atoms with Crippen LogP contribution < -0.4 is 4.74 Å². The van der Waals surface area contributed by atoms with Crippen LogP contribution in [0.25, 0.3) is 0 Å². The van der Waals surface area contributed by atoms with Gasteiger partial charge in [-0.1, -0.05) is 17.7 Å². The number of aliphatic hydroxyl groups is 1. The maximum atomic E-state index is 12.4. The van der Waals surface area contributed by atoms with Crippen LogP contribution in [0.4, 0.5) is 0 Å². The van der Waals surface area contributed by atoms with Gasteiger partial charge in [0.2, 0.25) is 0 Å². The summed E-state index contributed by atoms with van der Waals surface area (Å²) in [6.45, 7) is 5.46. The third-order valence-electron chi connectivity index (χ3n) is 4.32. The Balaban J connectivity index is 1.60. The quantitative estimate of drug-likeness (QED) is 0.936. The first-order chi connectivity index (χ1) is 11.5.